The third-order valence-corrected chi connectivity index (χ3v) is 3.45. The molecule has 1 aromatic rings. The third kappa shape index (κ3) is 4.11. The fourth-order valence-corrected chi connectivity index (χ4v) is 2.07. The standard InChI is InChI=1S/C17H21NO2/c1-2-18(13-15-6-7-15)17(20)16-10-8-14(9-11-16)5-3-4-12-19/h8-11,15,19H,2,4,6-7,12-13H2,1H3. The zero-order valence-corrected chi connectivity index (χ0v) is 11.9. The highest BCUT2D eigenvalue weighted by Crippen LogP contribution is 2.30. The van der Waals surface area contributed by atoms with Gasteiger partial charge in [0.1, 0.15) is 0 Å². The fraction of sp³-hybridized carbons (Fsp3) is 0.471. The summed E-state index contributed by atoms with van der Waals surface area (Å²) < 4.78 is 0. The van der Waals surface area contributed by atoms with Crippen LogP contribution in [-0.2, 0) is 0 Å². The third-order valence-electron chi connectivity index (χ3n) is 3.45. The van der Waals surface area contributed by atoms with E-state index in [2.05, 4.69) is 11.8 Å². The number of hydrogen-bond donors (Lipinski definition) is 1. The summed E-state index contributed by atoms with van der Waals surface area (Å²) >= 11 is 0. The van der Waals surface area contributed by atoms with E-state index in [1.165, 1.54) is 12.8 Å². The van der Waals surface area contributed by atoms with Crippen LogP contribution in [-0.4, -0.2) is 35.6 Å². The van der Waals surface area contributed by atoms with Crippen LogP contribution in [0.4, 0.5) is 0 Å². The van der Waals surface area contributed by atoms with Gasteiger partial charge < -0.3 is 10.0 Å². The van der Waals surface area contributed by atoms with E-state index in [4.69, 9.17) is 5.11 Å². The van der Waals surface area contributed by atoms with Crippen molar-refractivity contribution < 1.29 is 9.90 Å². The lowest BCUT2D eigenvalue weighted by Crippen LogP contribution is -2.32. The first kappa shape index (κ1) is 14.6. The van der Waals surface area contributed by atoms with Crippen molar-refractivity contribution in [1.82, 2.24) is 4.90 Å². The molecule has 0 unspecified atom stereocenters. The maximum absolute atomic E-state index is 12.4. The van der Waals surface area contributed by atoms with E-state index in [1.54, 1.807) is 0 Å². The minimum absolute atomic E-state index is 0.0796. The number of aliphatic hydroxyl groups is 1. The van der Waals surface area contributed by atoms with Gasteiger partial charge in [0.15, 0.2) is 0 Å². The number of aliphatic hydroxyl groups excluding tert-OH is 1. The number of carbonyl (C=O) groups is 1. The summed E-state index contributed by atoms with van der Waals surface area (Å²) in [4.78, 5) is 14.3. The van der Waals surface area contributed by atoms with Crippen LogP contribution in [0.15, 0.2) is 24.3 Å². The van der Waals surface area contributed by atoms with Crippen molar-refractivity contribution in [1.29, 1.82) is 0 Å². The van der Waals surface area contributed by atoms with E-state index >= 15 is 0 Å². The van der Waals surface area contributed by atoms with Crippen LogP contribution < -0.4 is 0 Å². The molecule has 3 nitrogen and oxygen atoms in total. The normalized spacial score (nSPS) is 13.5. The van der Waals surface area contributed by atoms with Gasteiger partial charge in [-0.2, -0.15) is 0 Å². The van der Waals surface area contributed by atoms with Gasteiger partial charge in [-0.25, -0.2) is 0 Å². The van der Waals surface area contributed by atoms with Gasteiger partial charge in [-0.15, -0.1) is 0 Å². The molecule has 0 aromatic heterocycles. The maximum atomic E-state index is 12.4. The minimum Gasteiger partial charge on any atom is -0.395 e. The van der Waals surface area contributed by atoms with Gasteiger partial charge >= 0.3 is 0 Å². The van der Waals surface area contributed by atoms with Crippen LogP contribution in [0.25, 0.3) is 0 Å². The predicted molar refractivity (Wildman–Crippen MR) is 79.3 cm³/mol. The molecule has 1 aromatic carbocycles. The molecule has 0 saturated heterocycles. The molecule has 0 atom stereocenters. The van der Waals surface area contributed by atoms with Crippen LogP contribution in [0.3, 0.4) is 0 Å². The second-order valence-electron chi connectivity index (χ2n) is 5.14. The fourth-order valence-electron chi connectivity index (χ4n) is 2.07. The summed E-state index contributed by atoms with van der Waals surface area (Å²) in [6, 6.07) is 7.40. The molecule has 3 heteroatoms. The molecule has 1 N–H and O–H groups in total. The largest absolute Gasteiger partial charge is 0.395 e. The number of amides is 1. The lowest BCUT2D eigenvalue weighted by molar-refractivity contribution is 0.0757. The molecule has 0 spiro atoms. The van der Waals surface area contributed by atoms with Crippen molar-refractivity contribution >= 4 is 5.91 Å². The minimum atomic E-state index is 0.0796. The molecule has 2 rings (SSSR count). The molecular weight excluding hydrogens is 250 g/mol. The summed E-state index contributed by atoms with van der Waals surface area (Å²) in [7, 11) is 0. The summed E-state index contributed by atoms with van der Waals surface area (Å²) in [6.45, 7) is 3.74. The van der Waals surface area contributed by atoms with Gasteiger partial charge in [-0.05, 0) is 49.9 Å². The molecule has 0 aliphatic heterocycles. The van der Waals surface area contributed by atoms with E-state index in [1.807, 2.05) is 36.1 Å². The molecule has 0 heterocycles. The Bertz CT molecular complexity index is 506. The van der Waals surface area contributed by atoms with E-state index in [0.29, 0.717) is 12.3 Å². The van der Waals surface area contributed by atoms with Gasteiger partial charge in [-0.3, -0.25) is 4.79 Å². The van der Waals surface area contributed by atoms with Crippen molar-refractivity contribution in [3.8, 4) is 11.8 Å². The van der Waals surface area contributed by atoms with E-state index in [-0.39, 0.29) is 12.5 Å². The van der Waals surface area contributed by atoms with Gasteiger partial charge in [-0.1, -0.05) is 11.8 Å². The van der Waals surface area contributed by atoms with E-state index in [0.717, 1.165) is 24.2 Å². The number of nitrogens with zero attached hydrogens (tertiary/aromatic N) is 1. The second-order valence-corrected chi connectivity index (χ2v) is 5.14. The first-order valence-electron chi connectivity index (χ1n) is 7.23. The van der Waals surface area contributed by atoms with E-state index in [9.17, 15) is 4.79 Å². The quantitative estimate of drug-likeness (QED) is 0.835. The molecule has 1 aliphatic rings. The Morgan fingerprint density at radius 2 is 2.05 bits per heavy atom. The molecule has 20 heavy (non-hydrogen) atoms. The second kappa shape index (κ2) is 7.12. The van der Waals surface area contributed by atoms with Crippen LogP contribution in [0.2, 0.25) is 0 Å². The Morgan fingerprint density at radius 3 is 2.60 bits per heavy atom. The van der Waals surface area contributed by atoms with Crippen molar-refractivity contribution in [3.63, 3.8) is 0 Å². The summed E-state index contributed by atoms with van der Waals surface area (Å²) in [6.07, 6.45) is 2.98. The average molecular weight is 271 g/mol. The Hall–Kier alpha value is -1.79. The van der Waals surface area contributed by atoms with Gasteiger partial charge in [0.2, 0.25) is 0 Å². The molecule has 1 fully saturated rings. The first-order chi connectivity index (χ1) is 9.74. The van der Waals surface area contributed by atoms with Crippen molar-refractivity contribution in [3.05, 3.63) is 35.4 Å². The molecule has 0 radical (unpaired) electrons. The Kier molecular flexibility index (Phi) is 5.20. The van der Waals surface area contributed by atoms with Crippen LogP contribution in [0, 0.1) is 17.8 Å². The molecule has 1 aliphatic carbocycles. The summed E-state index contributed by atoms with van der Waals surface area (Å²) in [5.41, 5.74) is 1.60. The lowest BCUT2D eigenvalue weighted by atomic mass is 10.1. The number of benzene rings is 1. The zero-order valence-electron chi connectivity index (χ0n) is 11.9. The number of hydrogen-bond acceptors (Lipinski definition) is 2. The van der Waals surface area contributed by atoms with Crippen molar-refractivity contribution in [2.75, 3.05) is 19.7 Å². The smallest absolute Gasteiger partial charge is 0.253 e. The lowest BCUT2D eigenvalue weighted by Gasteiger charge is -2.20. The number of carbonyl (C=O) groups excluding carboxylic acids is 1. The number of rotatable bonds is 5. The maximum Gasteiger partial charge on any atom is 0.253 e. The SMILES string of the molecule is CCN(CC1CC1)C(=O)c1ccc(C#CCCO)cc1. The Balaban J connectivity index is 2.00. The average Bonchev–Trinajstić information content (AvgIpc) is 3.29. The zero-order chi connectivity index (χ0) is 14.4. The molecule has 106 valence electrons. The molecule has 1 amide bonds. The highest BCUT2D eigenvalue weighted by atomic mass is 16.2. The summed E-state index contributed by atoms with van der Waals surface area (Å²) in [5, 5.41) is 8.67. The topological polar surface area (TPSA) is 40.5 Å². The van der Waals surface area contributed by atoms with Gasteiger partial charge in [0.25, 0.3) is 5.91 Å². The van der Waals surface area contributed by atoms with E-state index < -0.39 is 0 Å². The highest BCUT2D eigenvalue weighted by molar-refractivity contribution is 5.94. The van der Waals surface area contributed by atoms with Crippen molar-refractivity contribution in [2.45, 2.75) is 26.2 Å². The van der Waals surface area contributed by atoms with Crippen LogP contribution in [0.1, 0.15) is 42.1 Å². The molecule has 1 saturated carbocycles. The van der Waals surface area contributed by atoms with Crippen molar-refractivity contribution in [2.24, 2.45) is 5.92 Å². The molecular formula is C17H21NO2. The highest BCUT2D eigenvalue weighted by Gasteiger charge is 2.26. The van der Waals surface area contributed by atoms with Crippen LogP contribution in [0.5, 0.6) is 0 Å². The monoisotopic (exact) mass is 271 g/mol. The van der Waals surface area contributed by atoms with Crippen LogP contribution >= 0.6 is 0 Å². The Morgan fingerprint density at radius 1 is 1.35 bits per heavy atom. The predicted octanol–water partition coefficient (Wildman–Crippen LogP) is 2.29. The first-order valence-corrected chi connectivity index (χ1v) is 7.23. The summed E-state index contributed by atoms with van der Waals surface area (Å²) in [5.74, 6) is 6.65. The Labute approximate surface area is 120 Å². The van der Waals surface area contributed by atoms with Gasteiger partial charge in [0, 0.05) is 30.6 Å². The van der Waals surface area contributed by atoms with Gasteiger partial charge in [0.05, 0.1) is 6.61 Å². The molecule has 0 bridgehead atoms.